The van der Waals surface area contributed by atoms with E-state index in [4.69, 9.17) is 5.14 Å². The molecule has 4 nitrogen and oxygen atoms in total. The first-order valence-corrected chi connectivity index (χ1v) is 7.82. The maximum atomic E-state index is 11.0. The molecule has 1 aromatic heterocycles. The number of hydrogen-bond donors (Lipinski definition) is 1. The molecule has 0 aliphatic rings. The van der Waals surface area contributed by atoms with E-state index in [-0.39, 0.29) is 11.7 Å². The van der Waals surface area contributed by atoms with Gasteiger partial charge in [-0.2, -0.15) is 0 Å². The molecule has 0 radical (unpaired) electrons. The van der Waals surface area contributed by atoms with E-state index < -0.39 is 10.0 Å². The van der Waals surface area contributed by atoms with Crippen molar-refractivity contribution in [3.63, 3.8) is 0 Å². The van der Waals surface area contributed by atoms with E-state index in [9.17, 15) is 8.42 Å². The molecule has 0 saturated heterocycles. The van der Waals surface area contributed by atoms with Crippen molar-refractivity contribution in [1.29, 1.82) is 0 Å². The molecule has 2 rings (SSSR count). The van der Waals surface area contributed by atoms with Crippen molar-refractivity contribution in [2.24, 2.45) is 11.1 Å². The topological polar surface area (TPSA) is 73.0 Å². The maximum absolute atomic E-state index is 11.0. The van der Waals surface area contributed by atoms with Crippen LogP contribution in [0.3, 0.4) is 0 Å². The van der Waals surface area contributed by atoms with E-state index in [0.717, 1.165) is 15.2 Å². The molecule has 1 unspecified atom stereocenters. The van der Waals surface area contributed by atoms with E-state index in [1.54, 1.807) is 11.3 Å². The summed E-state index contributed by atoms with van der Waals surface area (Å²) < 4.78 is 23.1. The number of aromatic nitrogens is 1. The molecule has 92 valence electrons. The summed E-state index contributed by atoms with van der Waals surface area (Å²) in [6.07, 6.45) is 0.649. The van der Waals surface area contributed by atoms with E-state index >= 15 is 0 Å². The van der Waals surface area contributed by atoms with Gasteiger partial charge in [0.1, 0.15) is 0 Å². The summed E-state index contributed by atoms with van der Waals surface area (Å²) in [4.78, 5) is 4.47. The summed E-state index contributed by atoms with van der Waals surface area (Å²) in [5.41, 5.74) is 0.968. The van der Waals surface area contributed by atoms with Gasteiger partial charge in [0.2, 0.25) is 10.0 Å². The Balaban J connectivity index is 2.13. The second kappa shape index (κ2) is 4.72. The highest BCUT2D eigenvalue weighted by Gasteiger charge is 2.13. The third kappa shape index (κ3) is 3.49. The van der Waals surface area contributed by atoms with E-state index in [2.05, 4.69) is 4.98 Å². The van der Waals surface area contributed by atoms with Gasteiger partial charge in [-0.1, -0.05) is 19.1 Å². The summed E-state index contributed by atoms with van der Waals surface area (Å²) in [7, 11) is -3.40. The van der Waals surface area contributed by atoms with Gasteiger partial charge in [-0.15, -0.1) is 11.3 Å². The third-order valence-corrected chi connectivity index (χ3v) is 4.47. The van der Waals surface area contributed by atoms with Crippen LogP contribution in [0.2, 0.25) is 0 Å². The van der Waals surface area contributed by atoms with Crippen LogP contribution in [0.15, 0.2) is 24.3 Å². The standard InChI is InChI=1S/C11H14N2O2S2/c1-8(7-17(12,14)15)6-11-13-9-4-2-3-5-10(9)16-11/h2-5,8H,6-7H2,1H3,(H2,12,14,15). The molecule has 2 aromatic rings. The number of benzene rings is 1. The van der Waals surface area contributed by atoms with Crippen LogP contribution in [0.25, 0.3) is 10.2 Å². The fourth-order valence-electron chi connectivity index (χ4n) is 1.76. The highest BCUT2D eigenvalue weighted by atomic mass is 32.2. The van der Waals surface area contributed by atoms with Crippen LogP contribution in [0, 0.1) is 5.92 Å². The molecule has 1 aromatic carbocycles. The zero-order valence-corrected chi connectivity index (χ0v) is 11.1. The van der Waals surface area contributed by atoms with Gasteiger partial charge < -0.3 is 0 Å². The van der Waals surface area contributed by atoms with Crippen LogP contribution < -0.4 is 5.14 Å². The van der Waals surface area contributed by atoms with E-state index in [0.29, 0.717) is 6.42 Å². The normalized spacial score (nSPS) is 14.0. The smallest absolute Gasteiger partial charge is 0.209 e. The molecule has 0 spiro atoms. The quantitative estimate of drug-likeness (QED) is 0.920. The number of nitrogens with two attached hydrogens (primary N) is 1. The molecule has 0 aliphatic carbocycles. The van der Waals surface area contributed by atoms with Gasteiger partial charge in [0.05, 0.1) is 21.0 Å². The predicted octanol–water partition coefficient (Wildman–Crippen LogP) is 1.76. The lowest BCUT2D eigenvalue weighted by atomic mass is 10.1. The lowest BCUT2D eigenvalue weighted by Gasteiger charge is -2.06. The van der Waals surface area contributed by atoms with Crippen molar-refractivity contribution in [2.45, 2.75) is 13.3 Å². The van der Waals surface area contributed by atoms with Crippen LogP contribution in [-0.2, 0) is 16.4 Å². The van der Waals surface area contributed by atoms with Crippen LogP contribution in [0.4, 0.5) is 0 Å². The van der Waals surface area contributed by atoms with Crippen molar-refractivity contribution in [2.75, 3.05) is 5.75 Å². The van der Waals surface area contributed by atoms with Crippen molar-refractivity contribution >= 4 is 31.6 Å². The Morgan fingerprint density at radius 3 is 2.76 bits per heavy atom. The minimum Gasteiger partial charge on any atom is -0.241 e. The minimum atomic E-state index is -3.40. The molecular weight excluding hydrogens is 256 g/mol. The van der Waals surface area contributed by atoms with Gasteiger partial charge >= 0.3 is 0 Å². The largest absolute Gasteiger partial charge is 0.241 e. The number of nitrogens with zero attached hydrogens (tertiary/aromatic N) is 1. The second-order valence-electron chi connectivity index (χ2n) is 4.21. The molecule has 0 bridgehead atoms. The van der Waals surface area contributed by atoms with Crippen molar-refractivity contribution in [3.05, 3.63) is 29.3 Å². The number of fused-ring (bicyclic) bond motifs is 1. The molecular formula is C11H14N2O2S2. The van der Waals surface area contributed by atoms with Crippen molar-refractivity contribution < 1.29 is 8.42 Å². The first-order valence-electron chi connectivity index (χ1n) is 5.29. The van der Waals surface area contributed by atoms with Gasteiger partial charge in [0.15, 0.2) is 0 Å². The van der Waals surface area contributed by atoms with Gasteiger partial charge in [0.25, 0.3) is 0 Å². The summed E-state index contributed by atoms with van der Waals surface area (Å²) in [5, 5.41) is 5.98. The summed E-state index contributed by atoms with van der Waals surface area (Å²) in [5.74, 6) is -0.00584. The van der Waals surface area contributed by atoms with Crippen LogP contribution in [0.5, 0.6) is 0 Å². The lowest BCUT2D eigenvalue weighted by Crippen LogP contribution is -2.22. The Labute approximate surface area is 105 Å². The van der Waals surface area contributed by atoms with Gasteiger partial charge in [-0.3, -0.25) is 0 Å². The Kier molecular flexibility index (Phi) is 3.46. The minimum absolute atomic E-state index is 0.00290. The first-order chi connectivity index (χ1) is 7.94. The van der Waals surface area contributed by atoms with Gasteiger partial charge in [-0.05, 0) is 18.1 Å². The molecule has 0 aliphatic heterocycles. The first kappa shape index (κ1) is 12.5. The number of primary sulfonamides is 1. The average Bonchev–Trinajstić information content (AvgIpc) is 2.55. The Morgan fingerprint density at radius 2 is 2.12 bits per heavy atom. The summed E-state index contributed by atoms with van der Waals surface area (Å²) >= 11 is 1.60. The molecule has 17 heavy (non-hydrogen) atoms. The molecule has 1 atom stereocenters. The second-order valence-corrected chi connectivity index (χ2v) is 6.99. The molecule has 6 heteroatoms. The number of rotatable bonds is 4. The lowest BCUT2D eigenvalue weighted by molar-refractivity contribution is 0.571. The SMILES string of the molecule is CC(Cc1nc2ccccc2s1)CS(N)(=O)=O. The Bertz CT molecular complexity index is 586. The summed E-state index contributed by atoms with van der Waals surface area (Å²) in [6.45, 7) is 1.87. The van der Waals surface area contributed by atoms with Crippen molar-refractivity contribution in [1.82, 2.24) is 4.98 Å². The molecule has 0 saturated carbocycles. The predicted molar refractivity (Wildman–Crippen MR) is 70.5 cm³/mol. The number of para-hydroxylation sites is 1. The van der Waals surface area contributed by atoms with Crippen LogP contribution in [-0.4, -0.2) is 19.2 Å². The Hall–Kier alpha value is -0.980. The fraction of sp³-hybridized carbons (Fsp3) is 0.364. The monoisotopic (exact) mass is 270 g/mol. The third-order valence-electron chi connectivity index (χ3n) is 2.38. The number of thiazole rings is 1. The fourth-order valence-corrected chi connectivity index (χ4v) is 3.80. The highest BCUT2D eigenvalue weighted by molar-refractivity contribution is 7.89. The number of hydrogen-bond acceptors (Lipinski definition) is 4. The molecule has 0 fully saturated rings. The Morgan fingerprint density at radius 1 is 1.41 bits per heavy atom. The molecule has 2 N–H and O–H groups in total. The number of sulfonamides is 1. The summed E-state index contributed by atoms with van der Waals surface area (Å²) in [6, 6.07) is 7.89. The molecule has 0 amide bonds. The average molecular weight is 270 g/mol. The van der Waals surface area contributed by atoms with E-state index in [1.807, 2.05) is 31.2 Å². The molecule has 1 heterocycles. The van der Waals surface area contributed by atoms with Crippen LogP contribution in [0.1, 0.15) is 11.9 Å². The van der Waals surface area contributed by atoms with E-state index in [1.165, 1.54) is 0 Å². The highest BCUT2D eigenvalue weighted by Crippen LogP contribution is 2.23. The maximum Gasteiger partial charge on any atom is 0.209 e. The van der Waals surface area contributed by atoms with Gasteiger partial charge in [-0.25, -0.2) is 18.5 Å². The van der Waals surface area contributed by atoms with Crippen LogP contribution >= 0.6 is 11.3 Å². The zero-order valence-electron chi connectivity index (χ0n) is 9.46. The zero-order chi connectivity index (χ0) is 12.5. The van der Waals surface area contributed by atoms with Crippen molar-refractivity contribution in [3.8, 4) is 0 Å². The van der Waals surface area contributed by atoms with Gasteiger partial charge in [0, 0.05) is 6.42 Å².